The van der Waals surface area contributed by atoms with Crippen molar-refractivity contribution in [3.8, 4) is 0 Å². The molecule has 1 saturated carbocycles. The number of carbonyl (C=O) groups is 1. The van der Waals surface area contributed by atoms with Crippen molar-refractivity contribution in [2.24, 2.45) is 5.92 Å². The van der Waals surface area contributed by atoms with E-state index in [-0.39, 0.29) is 24.0 Å². The van der Waals surface area contributed by atoms with E-state index < -0.39 is 66.0 Å². The van der Waals surface area contributed by atoms with Gasteiger partial charge in [-0.25, -0.2) is 4.39 Å². The number of carbonyl (C=O) groups excluding carboxylic acids is 1. The van der Waals surface area contributed by atoms with E-state index in [0.29, 0.717) is 30.5 Å². The first-order valence-corrected chi connectivity index (χ1v) is 11.0. The summed E-state index contributed by atoms with van der Waals surface area (Å²) in [7, 11) is 0. The molecule has 2 fully saturated rings. The fraction of sp³-hybridized carbons (Fsp3) is 0.458. The van der Waals surface area contributed by atoms with Crippen LogP contribution >= 0.6 is 0 Å². The topological polar surface area (TPSA) is 58.6 Å². The zero-order valence-corrected chi connectivity index (χ0v) is 18.2. The Bertz CT molecular complexity index is 1040. The molecule has 1 amide bonds. The minimum Gasteiger partial charge on any atom is -0.383 e. The van der Waals surface area contributed by atoms with Crippen LogP contribution in [0.2, 0.25) is 0 Å². The van der Waals surface area contributed by atoms with Gasteiger partial charge in [0, 0.05) is 18.4 Å². The number of amides is 1. The Morgan fingerprint density at radius 1 is 0.943 bits per heavy atom. The van der Waals surface area contributed by atoms with E-state index in [1.165, 1.54) is 24.3 Å². The first-order chi connectivity index (χ1) is 16.3. The summed E-state index contributed by atoms with van der Waals surface area (Å²) in [6, 6.07) is 6.47. The predicted molar refractivity (Wildman–Crippen MR) is 109 cm³/mol. The summed E-state index contributed by atoms with van der Waals surface area (Å²) < 4.78 is 98.5. The Morgan fingerprint density at radius 3 is 2.06 bits per heavy atom. The second-order valence-electron chi connectivity index (χ2n) is 8.95. The average molecular weight is 505 g/mol. The molecule has 0 radical (unpaired) electrons. The van der Waals surface area contributed by atoms with Crippen molar-refractivity contribution in [2.75, 3.05) is 0 Å². The van der Waals surface area contributed by atoms with Crippen LogP contribution < -0.4 is 5.32 Å². The van der Waals surface area contributed by atoms with E-state index in [2.05, 4.69) is 5.32 Å². The molecule has 1 aliphatic heterocycles. The maximum atomic E-state index is 13.5. The van der Waals surface area contributed by atoms with Crippen LogP contribution in [-0.2, 0) is 28.5 Å². The molecule has 2 aromatic carbocycles. The van der Waals surface area contributed by atoms with Crippen LogP contribution in [0.5, 0.6) is 0 Å². The van der Waals surface area contributed by atoms with Crippen molar-refractivity contribution in [1.29, 1.82) is 0 Å². The lowest BCUT2D eigenvalue weighted by Crippen LogP contribution is -2.36. The number of halogens is 7. The molecule has 4 nitrogen and oxygen atoms in total. The zero-order valence-electron chi connectivity index (χ0n) is 18.2. The van der Waals surface area contributed by atoms with E-state index in [1.807, 2.05) is 0 Å². The van der Waals surface area contributed by atoms with Crippen molar-refractivity contribution < 1.29 is 45.4 Å². The van der Waals surface area contributed by atoms with Gasteiger partial charge in [0.25, 0.3) is 0 Å². The van der Waals surface area contributed by atoms with Gasteiger partial charge >= 0.3 is 12.4 Å². The Hall–Kier alpha value is -2.66. The normalized spacial score (nSPS) is 27.3. The lowest BCUT2D eigenvalue weighted by molar-refractivity contribution is -0.143. The van der Waals surface area contributed by atoms with Gasteiger partial charge in [0.2, 0.25) is 5.91 Å². The van der Waals surface area contributed by atoms with Crippen molar-refractivity contribution in [3.63, 3.8) is 0 Å². The number of aliphatic hydroxyl groups is 1. The summed E-state index contributed by atoms with van der Waals surface area (Å²) in [5, 5.41) is 12.6. The van der Waals surface area contributed by atoms with E-state index >= 15 is 0 Å². The minimum absolute atomic E-state index is 0.0600. The summed E-state index contributed by atoms with van der Waals surface area (Å²) in [5.74, 6) is -1.63. The molecule has 1 aliphatic carbocycles. The molecular weight excluding hydrogens is 483 g/mol. The number of hydrogen-bond donors (Lipinski definition) is 2. The maximum absolute atomic E-state index is 13.5. The number of aliphatic hydroxyl groups excluding tert-OH is 1. The lowest BCUT2D eigenvalue weighted by atomic mass is 9.82. The summed E-state index contributed by atoms with van der Waals surface area (Å²) >= 11 is 0. The number of ether oxygens (including phenoxy) is 1. The molecule has 2 aliphatic rings. The first kappa shape index (κ1) is 25.4. The molecule has 35 heavy (non-hydrogen) atoms. The highest BCUT2D eigenvalue weighted by molar-refractivity contribution is 5.83. The summed E-state index contributed by atoms with van der Waals surface area (Å²) in [6.07, 6.45) is -10.6. The number of alkyl halides is 6. The van der Waals surface area contributed by atoms with Gasteiger partial charge in [0.05, 0.1) is 23.8 Å². The average Bonchev–Trinajstić information content (AvgIpc) is 3.34. The summed E-state index contributed by atoms with van der Waals surface area (Å²) in [5.41, 5.74) is -2.46. The van der Waals surface area contributed by atoms with Crippen LogP contribution in [0.1, 0.15) is 47.4 Å². The first-order valence-electron chi connectivity index (χ1n) is 11.0. The molecule has 0 aromatic heterocycles. The molecule has 190 valence electrons. The van der Waals surface area contributed by atoms with Crippen molar-refractivity contribution in [1.82, 2.24) is 5.32 Å². The zero-order chi connectivity index (χ0) is 25.5. The highest BCUT2D eigenvalue weighted by Crippen LogP contribution is 2.45. The SMILES string of the molecule is O=C1N[C@H]([C@@H]2CC[C@H](OCc3cc(C(F)(F)F)cc(C(F)(F)F)c3)[C@H]2c2ccc(F)cc2)C[C@@H]1O. The van der Waals surface area contributed by atoms with E-state index in [9.17, 15) is 40.6 Å². The molecule has 11 heteroatoms. The van der Waals surface area contributed by atoms with E-state index in [1.54, 1.807) is 0 Å². The van der Waals surface area contributed by atoms with Gasteiger partial charge in [-0.3, -0.25) is 4.79 Å². The second kappa shape index (κ2) is 9.42. The number of rotatable bonds is 5. The smallest absolute Gasteiger partial charge is 0.383 e. The van der Waals surface area contributed by atoms with Gasteiger partial charge in [-0.05, 0) is 60.2 Å². The Balaban J connectivity index is 1.59. The fourth-order valence-electron chi connectivity index (χ4n) is 5.05. The van der Waals surface area contributed by atoms with Crippen molar-refractivity contribution in [2.45, 2.75) is 62.4 Å². The molecule has 0 bridgehead atoms. The Labute approximate surface area is 196 Å². The standard InChI is InChI=1S/C24H22F7NO3/c25-16-3-1-13(2-4-16)21-17(18-10-19(33)22(34)32-18)5-6-20(21)35-11-12-7-14(23(26,27)28)9-15(8-12)24(29,30)31/h1-4,7-9,17-21,33H,5-6,10-11H2,(H,32,34)/t17-,18-,19-,20-,21-/m0/s1. The molecule has 0 spiro atoms. The third-order valence-corrected chi connectivity index (χ3v) is 6.64. The van der Waals surface area contributed by atoms with Crippen LogP contribution in [0.15, 0.2) is 42.5 Å². The Morgan fingerprint density at radius 2 is 1.54 bits per heavy atom. The molecule has 4 rings (SSSR count). The third kappa shape index (κ3) is 5.61. The van der Waals surface area contributed by atoms with Crippen LogP contribution in [0, 0.1) is 11.7 Å². The van der Waals surface area contributed by atoms with Gasteiger partial charge in [-0.2, -0.15) is 26.3 Å². The van der Waals surface area contributed by atoms with Crippen LogP contribution in [-0.4, -0.2) is 29.3 Å². The number of benzene rings is 2. The van der Waals surface area contributed by atoms with Crippen molar-refractivity contribution >= 4 is 5.91 Å². The molecule has 2 aromatic rings. The quantitative estimate of drug-likeness (QED) is 0.550. The van der Waals surface area contributed by atoms with Crippen LogP contribution in [0.3, 0.4) is 0 Å². The predicted octanol–water partition coefficient (Wildman–Crippen LogP) is 5.19. The number of hydrogen-bond acceptors (Lipinski definition) is 3. The summed E-state index contributed by atoms with van der Waals surface area (Å²) in [4.78, 5) is 11.8. The largest absolute Gasteiger partial charge is 0.416 e. The van der Waals surface area contributed by atoms with Crippen molar-refractivity contribution in [3.05, 3.63) is 70.5 Å². The maximum Gasteiger partial charge on any atom is 0.416 e. The van der Waals surface area contributed by atoms with Gasteiger partial charge in [0.15, 0.2) is 0 Å². The molecule has 5 atom stereocenters. The molecule has 0 unspecified atom stereocenters. The van der Waals surface area contributed by atoms with Crippen LogP contribution in [0.4, 0.5) is 30.7 Å². The fourth-order valence-corrected chi connectivity index (χ4v) is 5.05. The van der Waals surface area contributed by atoms with E-state index in [0.717, 1.165) is 0 Å². The number of nitrogens with one attached hydrogen (secondary N) is 1. The van der Waals surface area contributed by atoms with E-state index in [4.69, 9.17) is 4.74 Å². The molecular formula is C24H22F7NO3. The molecule has 1 saturated heterocycles. The third-order valence-electron chi connectivity index (χ3n) is 6.64. The second-order valence-corrected chi connectivity index (χ2v) is 8.95. The van der Waals surface area contributed by atoms with Gasteiger partial charge < -0.3 is 15.2 Å². The van der Waals surface area contributed by atoms with Gasteiger partial charge in [-0.15, -0.1) is 0 Å². The van der Waals surface area contributed by atoms with Gasteiger partial charge in [-0.1, -0.05) is 12.1 Å². The minimum atomic E-state index is -4.97. The van der Waals surface area contributed by atoms with Crippen LogP contribution in [0.25, 0.3) is 0 Å². The molecule has 2 N–H and O–H groups in total. The highest BCUT2D eigenvalue weighted by atomic mass is 19.4. The monoisotopic (exact) mass is 505 g/mol. The molecule has 1 heterocycles. The lowest BCUT2D eigenvalue weighted by Gasteiger charge is -2.29. The van der Waals surface area contributed by atoms with Gasteiger partial charge in [0.1, 0.15) is 11.9 Å². The Kier molecular flexibility index (Phi) is 6.85. The summed E-state index contributed by atoms with van der Waals surface area (Å²) in [6.45, 7) is -0.498. The highest BCUT2D eigenvalue weighted by Gasteiger charge is 2.46.